The molecule has 1 atom stereocenters. The topological polar surface area (TPSA) is 85.2 Å². The molecule has 0 bridgehead atoms. The van der Waals surface area contributed by atoms with E-state index >= 15 is 0 Å². The Bertz CT molecular complexity index is 214. The second-order valence-corrected chi connectivity index (χ2v) is 2.61. The number of nitrogens with zero attached hydrogens (tertiary/aromatic N) is 1. The minimum Gasteiger partial charge on any atom is -0.464 e. The van der Waals surface area contributed by atoms with Crippen molar-refractivity contribution in [3.63, 3.8) is 0 Å². The van der Waals surface area contributed by atoms with Gasteiger partial charge < -0.3 is 14.1 Å². The van der Waals surface area contributed by atoms with Crippen LogP contribution in [0.2, 0.25) is 0 Å². The quantitative estimate of drug-likeness (QED) is 0.280. The molecule has 6 nitrogen and oxygen atoms in total. The maximum Gasteiger partial charge on any atom is 0.356 e. The van der Waals surface area contributed by atoms with Crippen LogP contribution < -0.4 is 0 Å². The zero-order chi connectivity index (χ0) is 9.56. The van der Waals surface area contributed by atoms with Gasteiger partial charge in [0.25, 0.3) is 0 Å². The maximum atomic E-state index is 10.8. The molecule has 0 aromatic rings. The van der Waals surface area contributed by atoms with Crippen LogP contribution in [0.15, 0.2) is 5.16 Å². The molecule has 0 spiro atoms. The van der Waals surface area contributed by atoms with Crippen LogP contribution in [-0.4, -0.2) is 40.4 Å². The first-order valence-electron chi connectivity index (χ1n) is 2.87. The molecule has 0 aromatic heterocycles. The maximum absolute atomic E-state index is 10.8. The third-order valence-electron chi connectivity index (χ3n) is 0.883. The van der Waals surface area contributed by atoms with Gasteiger partial charge in [-0.05, 0) is 0 Å². The van der Waals surface area contributed by atoms with Gasteiger partial charge in [0, 0.05) is 0 Å². The molecule has 1 N–H and O–H groups in total. The molecule has 0 radical (unpaired) electrons. The molecule has 0 saturated heterocycles. The summed E-state index contributed by atoms with van der Waals surface area (Å²) in [6.07, 6.45) is 0. The molecule has 7 heteroatoms. The fraction of sp³-hybridized carbons (Fsp3) is 0.600. The van der Waals surface area contributed by atoms with E-state index in [1.807, 2.05) is 0 Å². The summed E-state index contributed by atoms with van der Waals surface area (Å²) in [7, 11) is 2.37. The Morgan fingerprint density at radius 3 is 2.50 bits per heavy atom. The molecule has 0 aliphatic carbocycles. The molecule has 70 valence electrons. The van der Waals surface area contributed by atoms with Crippen molar-refractivity contribution in [3.05, 3.63) is 0 Å². The summed E-state index contributed by atoms with van der Waals surface area (Å²) in [5.41, 5.74) is -0.221. The van der Waals surface area contributed by atoms with E-state index in [9.17, 15) is 9.00 Å². The van der Waals surface area contributed by atoms with Crippen LogP contribution in [0.3, 0.4) is 0 Å². The minimum atomic E-state index is -2.13. The predicted molar refractivity (Wildman–Crippen MR) is 42.1 cm³/mol. The smallest absolute Gasteiger partial charge is 0.356 e. The highest BCUT2D eigenvalue weighted by atomic mass is 32.2. The van der Waals surface area contributed by atoms with Crippen molar-refractivity contribution in [3.8, 4) is 0 Å². The Kier molecular flexibility index (Phi) is 5.22. The van der Waals surface area contributed by atoms with Crippen molar-refractivity contribution in [2.45, 2.75) is 0 Å². The van der Waals surface area contributed by atoms with E-state index in [-0.39, 0.29) is 5.71 Å². The first kappa shape index (κ1) is 11.1. The van der Waals surface area contributed by atoms with Gasteiger partial charge in [0.05, 0.1) is 7.11 Å². The molecular formula is C5H9NO5S. The number of ether oxygens (including phenoxy) is 1. The minimum absolute atomic E-state index is 0.221. The van der Waals surface area contributed by atoms with E-state index in [2.05, 4.69) is 14.7 Å². The highest BCUT2D eigenvalue weighted by Gasteiger charge is 2.15. The van der Waals surface area contributed by atoms with Crippen molar-refractivity contribution in [1.29, 1.82) is 0 Å². The van der Waals surface area contributed by atoms with Gasteiger partial charge in [-0.3, -0.25) is 0 Å². The van der Waals surface area contributed by atoms with Gasteiger partial charge in [0.15, 0.2) is 16.8 Å². The molecule has 0 rings (SSSR count). The molecule has 0 fully saturated rings. The highest BCUT2D eigenvalue weighted by molar-refractivity contribution is 7.80. The Balaban J connectivity index is 4.34. The van der Waals surface area contributed by atoms with Gasteiger partial charge in [0.2, 0.25) is 0 Å². The van der Waals surface area contributed by atoms with Crippen molar-refractivity contribution in [1.82, 2.24) is 0 Å². The molecule has 0 aliphatic rings. The zero-order valence-electron chi connectivity index (χ0n) is 6.64. The second kappa shape index (κ2) is 5.67. The largest absolute Gasteiger partial charge is 0.464 e. The van der Waals surface area contributed by atoms with Gasteiger partial charge in [-0.15, -0.1) is 0 Å². The van der Waals surface area contributed by atoms with Gasteiger partial charge >= 0.3 is 5.97 Å². The zero-order valence-corrected chi connectivity index (χ0v) is 7.46. The lowest BCUT2D eigenvalue weighted by Crippen LogP contribution is -2.22. The lowest BCUT2D eigenvalue weighted by molar-refractivity contribution is -0.132. The van der Waals surface area contributed by atoms with Crippen molar-refractivity contribution < 1.29 is 23.1 Å². The summed E-state index contributed by atoms with van der Waals surface area (Å²) < 4.78 is 23.0. The molecule has 0 saturated carbocycles. The van der Waals surface area contributed by atoms with E-state index < -0.39 is 22.8 Å². The van der Waals surface area contributed by atoms with Crippen molar-refractivity contribution in [2.24, 2.45) is 5.16 Å². The van der Waals surface area contributed by atoms with E-state index in [4.69, 9.17) is 4.55 Å². The van der Waals surface area contributed by atoms with Crippen LogP contribution in [0.25, 0.3) is 0 Å². The van der Waals surface area contributed by atoms with Gasteiger partial charge in [-0.2, -0.15) is 0 Å². The third-order valence-corrected chi connectivity index (χ3v) is 1.40. The number of methoxy groups -OCH3 is 1. The fourth-order valence-electron chi connectivity index (χ4n) is 0.468. The molecule has 0 aliphatic heterocycles. The Morgan fingerprint density at radius 2 is 2.17 bits per heavy atom. The summed E-state index contributed by atoms with van der Waals surface area (Å²) in [5.74, 6) is -1.18. The second-order valence-electron chi connectivity index (χ2n) is 1.68. The number of rotatable bonds is 4. The number of esters is 1. The predicted octanol–water partition coefficient (Wildman–Crippen LogP) is -0.617. The average Bonchev–Trinajstić information content (AvgIpc) is 2.01. The van der Waals surface area contributed by atoms with Crippen molar-refractivity contribution in [2.75, 3.05) is 20.0 Å². The summed E-state index contributed by atoms with van der Waals surface area (Å²) in [5, 5.41) is 3.22. The number of hydrogen-bond donors (Lipinski definition) is 1. The van der Waals surface area contributed by atoms with Gasteiger partial charge in [-0.25, -0.2) is 9.00 Å². The van der Waals surface area contributed by atoms with Crippen LogP contribution in [0, 0.1) is 0 Å². The molecular weight excluding hydrogens is 186 g/mol. The number of oxime groups is 1. The molecule has 12 heavy (non-hydrogen) atoms. The van der Waals surface area contributed by atoms with E-state index in [1.165, 1.54) is 7.11 Å². The van der Waals surface area contributed by atoms with E-state index in [1.54, 1.807) is 0 Å². The van der Waals surface area contributed by atoms with Crippen molar-refractivity contribution >= 4 is 22.8 Å². The van der Waals surface area contributed by atoms with Crippen LogP contribution in [0.4, 0.5) is 0 Å². The highest BCUT2D eigenvalue weighted by Crippen LogP contribution is 1.87. The van der Waals surface area contributed by atoms with E-state index in [0.717, 1.165) is 7.11 Å². The van der Waals surface area contributed by atoms with Crippen LogP contribution in [0.1, 0.15) is 0 Å². The summed E-state index contributed by atoms with van der Waals surface area (Å²) in [4.78, 5) is 15.0. The fourth-order valence-corrected chi connectivity index (χ4v) is 0.872. The number of carbonyl (C=O) groups excluding carboxylic acids is 1. The van der Waals surface area contributed by atoms with Gasteiger partial charge in [0.1, 0.15) is 12.9 Å². The molecule has 0 aromatic carbocycles. The molecule has 0 heterocycles. The monoisotopic (exact) mass is 195 g/mol. The summed E-state index contributed by atoms with van der Waals surface area (Å²) in [6.45, 7) is 0. The Hall–Kier alpha value is -0.950. The standard InChI is InChI=1S/C5H9NO5S/c1-10-5(7)4(6-11-2)3-12(8)9/h3H2,1-2H3,(H,8,9). The van der Waals surface area contributed by atoms with E-state index in [0.29, 0.717) is 0 Å². The first-order valence-corrected chi connectivity index (χ1v) is 4.15. The summed E-state index contributed by atoms with van der Waals surface area (Å²) >= 11 is -2.13. The number of carbonyl (C=O) groups is 1. The summed E-state index contributed by atoms with van der Waals surface area (Å²) in [6, 6.07) is 0. The Morgan fingerprint density at radius 1 is 1.58 bits per heavy atom. The molecule has 1 unspecified atom stereocenters. The first-order chi connectivity index (χ1) is 5.61. The number of hydrogen-bond acceptors (Lipinski definition) is 5. The third kappa shape index (κ3) is 4.04. The SMILES string of the molecule is CON=C(CS(=O)O)C(=O)OC. The Labute approximate surface area is 71.8 Å². The normalized spacial score (nSPS) is 13.8. The van der Waals surface area contributed by atoms with Crippen LogP contribution in [0.5, 0.6) is 0 Å². The lowest BCUT2D eigenvalue weighted by Gasteiger charge is -1.99. The average molecular weight is 195 g/mol. The van der Waals surface area contributed by atoms with Gasteiger partial charge in [-0.1, -0.05) is 5.16 Å². The molecule has 0 amide bonds. The van der Waals surface area contributed by atoms with Crippen LogP contribution in [-0.2, 0) is 25.4 Å². The lowest BCUT2D eigenvalue weighted by atomic mass is 10.4. The van der Waals surface area contributed by atoms with Crippen LogP contribution >= 0.6 is 0 Å².